The second kappa shape index (κ2) is 7.72. The van der Waals surface area contributed by atoms with Gasteiger partial charge in [-0.3, -0.25) is 14.0 Å². The second-order valence-electron chi connectivity index (χ2n) is 6.94. The van der Waals surface area contributed by atoms with Crippen molar-refractivity contribution in [1.29, 1.82) is 0 Å². The van der Waals surface area contributed by atoms with Crippen molar-refractivity contribution >= 4 is 14.7 Å². The Hall–Kier alpha value is 0.300. The van der Waals surface area contributed by atoms with Crippen LogP contribution in [0.25, 0.3) is 0 Å². The standard InChI is InChI=1S/C13H31NO5P2/c1-11(2)20(16,17)9-14(8-7-13(5,6)15)10-21(18,19)12(3)4/h11-12,15H,7-10H2,1-6H3,(H,16,17)(H,18,19). The smallest absolute Gasteiger partial charge is 0.216 e. The summed E-state index contributed by atoms with van der Waals surface area (Å²) in [6.45, 7) is 10.2. The lowest BCUT2D eigenvalue weighted by molar-refractivity contribution is 0.0610. The minimum Gasteiger partial charge on any atom is -0.390 e. The molecule has 0 heterocycles. The highest BCUT2D eigenvalue weighted by Crippen LogP contribution is 2.51. The number of hydrogen-bond donors (Lipinski definition) is 3. The summed E-state index contributed by atoms with van der Waals surface area (Å²) in [6, 6.07) is 0. The van der Waals surface area contributed by atoms with E-state index in [9.17, 15) is 24.0 Å². The number of hydrogen-bond acceptors (Lipinski definition) is 4. The largest absolute Gasteiger partial charge is 0.390 e. The summed E-state index contributed by atoms with van der Waals surface area (Å²) < 4.78 is 24.4. The first-order chi connectivity index (χ1) is 9.17. The Morgan fingerprint density at radius 3 is 1.52 bits per heavy atom. The van der Waals surface area contributed by atoms with Crippen molar-refractivity contribution in [1.82, 2.24) is 4.90 Å². The van der Waals surface area contributed by atoms with Crippen LogP contribution in [0.2, 0.25) is 0 Å². The molecule has 6 nitrogen and oxygen atoms in total. The lowest BCUT2D eigenvalue weighted by Gasteiger charge is -2.31. The Morgan fingerprint density at radius 1 is 0.952 bits per heavy atom. The molecular weight excluding hydrogens is 312 g/mol. The zero-order valence-electron chi connectivity index (χ0n) is 14.0. The first-order valence-electron chi connectivity index (χ1n) is 7.25. The van der Waals surface area contributed by atoms with Crippen molar-refractivity contribution in [3.63, 3.8) is 0 Å². The summed E-state index contributed by atoms with van der Waals surface area (Å²) in [5, 5.41) is 9.79. The molecule has 2 unspecified atom stereocenters. The van der Waals surface area contributed by atoms with E-state index < -0.39 is 31.7 Å². The molecule has 2 atom stereocenters. The van der Waals surface area contributed by atoms with Crippen LogP contribution in [0.4, 0.5) is 0 Å². The summed E-state index contributed by atoms with van der Waals surface area (Å²) in [4.78, 5) is 21.6. The first kappa shape index (κ1) is 21.3. The monoisotopic (exact) mass is 343 g/mol. The Labute approximate surface area is 128 Å². The normalized spacial score (nSPS) is 19.0. The van der Waals surface area contributed by atoms with Gasteiger partial charge in [0.25, 0.3) is 0 Å². The molecule has 0 aromatic carbocycles. The van der Waals surface area contributed by atoms with Gasteiger partial charge >= 0.3 is 0 Å². The summed E-state index contributed by atoms with van der Waals surface area (Å²) in [7, 11) is -6.81. The molecule has 0 aliphatic rings. The second-order valence-corrected chi connectivity index (χ2v) is 12.6. The van der Waals surface area contributed by atoms with Gasteiger partial charge in [0, 0.05) is 17.9 Å². The maximum Gasteiger partial charge on any atom is 0.216 e. The third-order valence-electron chi connectivity index (χ3n) is 3.46. The van der Waals surface area contributed by atoms with E-state index in [1.54, 1.807) is 46.4 Å². The van der Waals surface area contributed by atoms with Gasteiger partial charge in [0.05, 0.1) is 18.2 Å². The summed E-state index contributed by atoms with van der Waals surface area (Å²) in [5.41, 5.74) is -1.73. The van der Waals surface area contributed by atoms with Crippen LogP contribution in [-0.4, -0.2) is 55.8 Å². The van der Waals surface area contributed by atoms with Crippen molar-refractivity contribution < 1.29 is 24.0 Å². The van der Waals surface area contributed by atoms with E-state index in [4.69, 9.17) is 0 Å². The molecule has 0 amide bonds. The van der Waals surface area contributed by atoms with E-state index in [2.05, 4.69) is 0 Å². The van der Waals surface area contributed by atoms with E-state index >= 15 is 0 Å². The minimum absolute atomic E-state index is 0.127. The molecule has 0 spiro atoms. The fraction of sp³-hybridized carbons (Fsp3) is 1.00. The van der Waals surface area contributed by atoms with Gasteiger partial charge in [-0.25, -0.2) is 0 Å². The molecule has 0 aliphatic carbocycles. The third kappa shape index (κ3) is 8.49. The molecule has 3 N–H and O–H groups in total. The van der Waals surface area contributed by atoms with E-state index in [1.165, 1.54) is 0 Å². The predicted octanol–water partition coefficient (Wildman–Crippen LogP) is 2.72. The van der Waals surface area contributed by atoms with Gasteiger partial charge in [-0.15, -0.1) is 0 Å². The molecule has 0 saturated heterocycles. The van der Waals surface area contributed by atoms with Crippen molar-refractivity contribution in [2.45, 2.75) is 64.9 Å². The first-order valence-corrected chi connectivity index (χ1v) is 11.1. The van der Waals surface area contributed by atoms with Gasteiger partial charge in [-0.2, -0.15) is 0 Å². The molecule has 0 bridgehead atoms. The lowest BCUT2D eigenvalue weighted by Crippen LogP contribution is -2.34. The molecule has 21 heavy (non-hydrogen) atoms. The van der Waals surface area contributed by atoms with Gasteiger partial charge in [-0.1, -0.05) is 27.7 Å². The Morgan fingerprint density at radius 2 is 1.29 bits per heavy atom. The average molecular weight is 343 g/mol. The topological polar surface area (TPSA) is 98.1 Å². The molecule has 0 radical (unpaired) electrons. The molecule has 0 aliphatic heterocycles. The zero-order valence-corrected chi connectivity index (χ0v) is 15.8. The minimum atomic E-state index is -3.41. The van der Waals surface area contributed by atoms with Crippen molar-refractivity contribution in [2.24, 2.45) is 0 Å². The highest BCUT2D eigenvalue weighted by atomic mass is 31.2. The van der Waals surface area contributed by atoms with E-state index in [0.717, 1.165) is 0 Å². The fourth-order valence-corrected chi connectivity index (χ4v) is 3.96. The van der Waals surface area contributed by atoms with Gasteiger partial charge < -0.3 is 14.9 Å². The molecule has 128 valence electrons. The quantitative estimate of drug-likeness (QED) is 0.557. The van der Waals surface area contributed by atoms with Gasteiger partial charge in [0.15, 0.2) is 0 Å². The van der Waals surface area contributed by atoms with Gasteiger partial charge in [0.1, 0.15) is 0 Å². The van der Waals surface area contributed by atoms with Crippen LogP contribution in [0.1, 0.15) is 48.0 Å². The van der Waals surface area contributed by atoms with E-state index in [1.807, 2.05) is 0 Å². The van der Waals surface area contributed by atoms with E-state index in [0.29, 0.717) is 13.0 Å². The Kier molecular flexibility index (Phi) is 7.83. The maximum atomic E-state index is 12.2. The van der Waals surface area contributed by atoms with Gasteiger partial charge in [-0.05, 0) is 20.3 Å². The van der Waals surface area contributed by atoms with Crippen LogP contribution >= 0.6 is 14.7 Å². The number of nitrogens with zero attached hydrogens (tertiary/aromatic N) is 1. The van der Waals surface area contributed by atoms with Crippen LogP contribution in [0, 0.1) is 0 Å². The fourth-order valence-electron chi connectivity index (χ4n) is 1.52. The number of aliphatic hydroxyl groups is 1. The summed E-state index contributed by atoms with van der Waals surface area (Å²) in [5.74, 6) is 0. The van der Waals surface area contributed by atoms with Crippen LogP contribution in [0.15, 0.2) is 0 Å². The van der Waals surface area contributed by atoms with Crippen LogP contribution in [-0.2, 0) is 9.13 Å². The lowest BCUT2D eigenvalue weighted by atomic mass is 10.1. The molecular formula is C13H31NO5P2. The molecule has 8 heteroatoms. The highest BCUT2D eigenvalue weighted by molar-refractivity contribution is 7.59. The summed E-state index contributed by atoms with van der Waals surface area (Å²) >= 11 is 0. The predicted molar refractivity (Wildman–Crippen MR) is 87.3 cm³/mol. The molecule has 0 fully saturated rings. The van der Waals surface area contributed by atoms with Crippen molar-refractivity contribution in [3.05, 3.63) is 0 Å². The molecule has 0 aromatic heterocycles. The van der Waals surface area contributed by atoms with Crippen LogP contribution < -0.4 is 0 Å². The van der Waals surface area contributed by atoms with Gasteiger partial charge in [0.2, 0.25) is 14.7 Å². The van der Waals surface area contributed by atoms with E-state index in [-0.39, 0.29) is 12.6 Å². The number of rotatable bonds is 9. The summed E-state index contributed by atoms with van der Waals surface area (Å²) in [6.07, 6.45) is 0.110. The SMILES string of the molecule is CC(C)P(=O)(O)CN(CCC(C)(C)O)CP(=O)(O)C(C)C. The molecule has 0 aromatic rings. The Balaban J connectivity index is 5.03. The average Bonchev–Trinajstić information content (AvgIpc) is 2.23. The van der Waals surface area contributed by atoms with Crippen molar-refractivity contribution in [3.8, 4) is 0 Å². The Bertz CT molecular complexity index is 387. The van der Waals surface area contributed by atoms with Crippen LogP contribution in [0.3, 0.4) is 0 Å². The molecule has 0 saturated carbocycles. The maximum absolute atomic E-state index is 12.2. The molecule has 0 rings (SSSR count). The van der Waals surface area contributed by atoms with Crippen LogP contribution in [0.5, 0.6) is 0 Å². The zero-order chi connectivity index (χ0) is 17.1. The van der Waals surface area contributed by atoms with Crippen molar-refractivity contribution in [2.75, 3.05) is 19.1 Å². The third-order valence-corrected chi connectivity index (χ3v) is 8.30. The highest BCUT2D eigenvalue weighted by Gasteiger charge is 2.32.